The van der Waals surface area contributed by atoms with E-state index in [2.05, 4.69) is 32.5 Å². The van der Waals surface area contributed by atoms with E-state index in [-0.39, 0.29) is 0 Å². The highest BCUT2D eigenvalue weighted by molar-refractivity contribution is 8.00. The molecule has 1 rings (SSSR count). The molecule has 1 heteroatoms. The molecule has 1 fully saturated rings. The monoisotopic (exact) mass is 230 g/mol. The Kier molecular flexibility index (Phi) is 9.79. The van der Waals surface area contributed by atoms with Crippen LogP contribution in [0, 0.1) is 5.92 Å². The van der Waals surface area contributed by atoms with Crippen LogP contribution in [0.5, 0.6) is 0 Å². The van der Waals surface area contributed by atoms with E-state index in [0.29, 0.717) is 0 Å². The summed E-state index contributed by atoms with van der Waals surface area (Å²) in [6, 6.07) is 0. The summed E-state index contributed by atoms with van der Waals surface area (Å²) in [4.78, 5) is 0. The van der Waals surface area contributed by atoms with Crippen LogP contribution in [0.15, 0.2) is 0 Å². The van der Waals surface area contributed by atoms with Crippen molar-refractivity contribution in [1.82, 2.24) is 0 Å². The van der Waals surface area contributed by atoms with Crippen molar-refractivity contribution < 1.29 is 0 Å². The molecular weight excluding hydrogens is 200 g/mol. The van der Waals surface area contributed by atoms with Gasteiger partial charge >= 0.3 is 0 Å². The van der Waals surface area contributed by atoms with Crippen molar-refractivity contribution in [2.24, 2.45) is 5.92 Å². The Morgan fingerprint density at radius 2 is 1.60 bits per heavy atom. The van der Waals surface area contributed by atoms with Gasteiger partial charge in [0.2, 0.25) is 0 Å². The first-order valence-electron chi connectivity index (χ1n) is 6.93. The minimum atomic E-state index is 0.932. The molecule has 1 aliphatic heterocycles. The third kappa shape index (κ3) is 5.85. The molecule has 0 bridgehead atoms. The van der Waals surface area contributed by atoms with Crippen molar-refractivity contribution in [2.75, 3.05) is 0 Å². The smallest absolute Gasteiger partial charge is 0.00783 e. The van der Waals surface area contributed by atoms with E-state index in [4.69, 9.17) is 0 Å². The first-order valence-corrected chi connectivity index (χ1v) is 7.87. The number of rotatable bonds is 5. The van der Waals surface area contributed by atoms with E-state index in [1.165, 1.54) is 38.5 Å². The average molecular weight is 230 g/mol. The van der Waals surface area contributed by atoms with Crippen molar-refractivity contribution in [3.8, 4) is 0 Å². The van der Waals surface area contributed by atoms with Crippen LogP contribution in [-0.2, 0) is 0 Å². The van der Waals surface area contributed by atoms with Crippen LogP contribution in [-0.4, -0.2) is 10.5 Å². The molecule has 0 saturated carbocycles. The maximum Gasteiger partial charge on any atom is 0.00783 e. The Labute approximate surface area is 102 Å². The molecule has 1 aliphatic rings. The summed E-state index contributed by atoms with van der Waals surface area (Å²) in [5.74, 6) is 1.02. The predicted molar refractivity (Wildman–Crippen MR) is 74.7 cm³/mol. The Morgan fingerprint density at radius 3 is 1.93 bits per heavy atom. The zero-order valence-electron chi connectivity index (χ0n) is 11.4. The third-order valence-corrected chi connectivity index (χ3v) is 4.78. The molecule has 1 heterocycles. The van der Waals surface area contributed by atoms with Crippen LogP contribution in [0.4, 0.5) is 0 Å². The van der Waals surface area contributed by atoms with Gasteiger partial charge in [-0.2, -0.15) is 11.8 Å². The molecule has 1 saturated heterocycles. The van der Waals surface area contributed by atoms with Crippen LogP contribution in [0.3, 0.4) is 0 Å². The number of hydrogen-bond acceptors (Lipinski definition) is 1. The molecule has 15 heavy (non-hydrogen) atoms. The van der Waals surface area contributed by atoms with Gasteiger partial charge in [0.1, 0.15) is 0 Å². The van der Waals surface area contributed by atoms with Crippen molar-refractivity contribution >= 4 is 11.8 Å². The molecule has 0 amide bonds. The lowest BCUT2D eigenvalue weighted by atomic mass is 9.92. The Hall–Kier alpha value is 0.350. The standard InChI is InChI=1S/C12H24S.C2H6/c1-4-6-11(7-5-2)12-9-8-10(3)13-12;1-2/h10-12H,4-9H2,1-3H3;1-2H3. The van der Waals surface area contributed by atoms with E-state index >= 15 is 0 Å². The zero-order valence-corrected chi connectivity index (χ0v) is 12.2. The molecule has 0 radical (unpaired) electrons. The normalized spacial score (nSPS) is 25.2. The average Bonchev–Trinajstić information content (AvgIpc) is 2.68. The van der Waals surface area contributed by atoms with E-state index in [0.717, 1.165) is 16.4 Å². The van der Waals surface area contributed by atoms with Crippen molar-refractivity contribution in [2.45, 2.75) is 83.6 Å². The second-order valence-corrected chi connectivity index (χ2v) is 6.08. The van der Waals surface area contributed by atoms with Crippen LogP contribution in [0.1, 0.15) is 73.1 Å². The fourth-order valence-electron chi connectivity index (χ4n) is 2.44. The van der Waals surface area contributed by atoms with Gasteiger partial charge in [-0.05, 0) is 31.6 Å². The molecule has 2 atom stereocenters. The molecule has 92 valence electrons. The summed E-state index contributed by atoms with van der Waals surface area (Å²) in [6.45, 7) is 11.0. The summed E-state index contributed by atoms with van der Waals surface area (Å²) in [7, 11) is 0. The van der Waals surface area contributed by atoms with Gasteiger partial charge < -0.3 is 0 Å². The maximum absolute atomic E-state index is 2.39. The summed E-state index contributed by atoms with van der Waals surface area (Å²) in [6.07, 6.45) is 8.60. The molecule has 0 aromatic rings. The van der Waals surface area contributed by atoms with Crippen LogP contribution in [0.2, 0.25) is 0 Å². The fraction of sp³-hybridized carbons (Fsp3) is 1.00. The number of hydrogen-bond donors (Lipinski definition) is 0. The lowest BCUT2D eigenvalue weighted by Gasteiger charge is -2.22. The van der Waals surface area contributed by atoms with Gasteiger partial charge in [0.05, 0.1) is 0 Å². The minimum absolute atomic E-state index is 0.932. The second-order valence-electron chi connectivity index (χ2n) is 4.40. The summed E-state index contributed by atoms with van der Waals surface area (Å²) < 4.78 is 0. The second kappa shape index (κ2) is 9.57. The SMILES string of the molecule is CC.CCCC(CCC)C1CCC(C)S1. The van der Waals surface area contributed by atoms with E-state index in [9.17, 15) is 0 Å². The summed E-state index contributed by atoms with van der Waals surface area (Å²) in [5.41, 5.74) is 0. The summed E-state index contributed by atoms with van der Waals surface area (Å²) in [5, 5.41) is 1.93. The lowest BCUT2D eigenvalue weighted by molar-refractivity contribution is 0.417. The molecule has 0 aromatic carbocycles. The van der Waals surface area contributed by atoms with Crippen molar-refractivity contribution in [3.05, 3.63) is 0 Å². The van der Waals surface area contributed by atoms with E-state index in [1.807, 2.05) is 13.8 Å². The van der Waals surface area contributed by atoms with Gasteiger partial charge in [0, 0.05) is 10.5 Å². The van der Waals surface area contributed by atoms with Crippen LogP contribution in [0.25, 0.3) is 0 Å². The predicted octanol–water partition coefficient (Wildman–Crippen LogP) is 5.51. The maximum atomic E-state index is 2.39. The summed E-state index contributed by atoms with van der Waals surface area (Å²) >= 11 is 2.25. The lowest BCUT2D eigenvalue weighted by Crippen LogP contribution is -2.14. The van der Waals surface area contributed by atoms with Gasteiger partial charge in [0.25, 0.3) is 0 Å². The molecule has 0 aliphatic carbocycles. The quantitative estimate of drug-likeness (QED) is 0.600. The highest BCUT2D eigenvalue weighted by atomic mass is 32.2. The van der Waals surface area contributed by atoms with Crippen molar-refractivity contribution in [1.29, 1.82) is 0 Å². The van der Waals surface area contributed by atoms with Gasteiger partial charge in [-0.1, -0.05) is 47.5 Å². The van der Waals surface area contributed by atoms with E-state index < -0.39 is 0 Å². The topological polar surface area (TPSA) is 0 Å². The van der Waals surface area contributed by atoms with Crippen LogP contribution >= 0.6 is 11.8 Å². The van der Waals surface area contributed by atoms with E-state index in [1.54, 1.807) is 0 Å². The largest absolute Gasteiger partial charge is 0.155 e. The van der Waals surface area contributed by atoms with Crippen molar-refractivity contribution in [3.63, 3.8) is 0 Å². The number of thioether (sulfide) groups is 1. The first-order chi connectivity index (χ1) is 7.27. The van der Waals surface area contributed by atoms with Gasteiger partial charge in [-0.3, -0.25) is 0 Å². The molecule has 2 unspecified atom stereocenters. The minimum Gasteiger partial charge on any atom is -0.155 e. The highest BCUT2D eigenvalue weighted by Gasteiger charge is 2.27. The van der Waals surface area contributed by atoms with Gasteiger partial charge in [-0.25, -0.2) is 0 Å². The fourth-order valence-corrected chi connectivity index (χ4v) is 4.07. The zero-order chi connectivity index (χ0) is 11.7. The van der Waals surface area contributed by atoms with Gasteiger partial charge in [-0.15, -0.1) is 0 Å². The molecule has 0 nitrogen and oxygen atoms in total. The molecule has 0 spiro atoms. The Bertz CT molecular complexity index is 127. The first kappa shape index (κ1) is 15.3. The highest BCUT2D eigenvalue weighted by Crippen LogP contribution is 2.40. The molecular formula is C14H30S. The molecule has 0 N–H and O–H groups in total. The molecule has 0 aromatic heterocycles. The van der Waals surface area contributed by atoms with Gasteiger partial charge in [0.15, 0.2) is 0 Å². The Morgan fingerprint density at radius 1 is 1.07 bits per heavy atom. The third-order valence-electron chi connectivity index (χ3n) is 3.11. The Balaban J connectivity index is 0.000000921. The van der Waals surface area contributed by atoms with Crippen LogP contribution < -0.4 is 0 Å².